The van der Waals surface area contributed by atoms with Crippen molar-refractivity contribution in [1.82, 2.24) is 14.7 Å². The second kappa shape index (κ2) is 9.06. The molecule has 0 aromatic carbocycles. The van der Waals surface area contributed by atoms with E-state index in [2.05, 4.69) is 21.6 Å². The predicted molar refractivity (Wildman–Crippen MR) is 85.6 cm³/mol. The molecule has 0 aromatic rings. The molecule has 0 saturated carbocycles. The van der Waals surface area contributed by atoms with Crippen molar-refractivity contribution in [3.63, 3.8) is 0 Å². The second-order valence-corrected chi connectivity index (χ2v) is 6.77. The maximum Gasteiger partial charge on any atom is 0.0793 e. The average molecular weight is 299 g/mol. The van der Waals surface area contributed by atoms with Gasteiger partial charge in [-0.2, -0.15) is 0 Å². The first kappa shape index (κ1) is 17.2. The molecular formula is C16H33N3O2. The van der Waals surface area contributed by atoms with Crippen LogP contribution < -0.4 is 0 Å². The van der Waals surface area contributed by atoms with Gasteiger partial charge in [0.05, 0.1) is 12.7 Å². The lowest BCUT2D eigenvalue weighted by Gasteiger charge is -2.37. The van der Waals surface area contributed by atoms with Gasteiger partial charge in [0, 0.05) is 52.9 Å². The van der Waals surface area contributed by atoms with Crippen molar-refractivity contribution in [1.29, 1.82) is 0 Å². The number of methoxy groups -OCH3 is 1. The van der Waals surface area contributed by atoms with Gasteiger partial charge in [0.2, 0.25) is 0 Å². The Bertz CT molecular complexity index is 275. The second-order valence-electron chi connectivity index (χ2n) is 6.77. The Morgan fingerprint density at radius 1 is 0.952 bits per heavy atom. The lowest BCUT2D eigenvalue weighted by molar-refractivity contribution is 0.0380. The third kappa shape index (κ3) is 6.20. The van der Waals surface area contributed by atoms with Gasteiger partial charge in [0.25, 0.3) is 0 Å². The first-order valence-corrected chi connectivity index (χ1v) is 8.51. The Hall–Kier alpha value is -0.200. The number of rotatable bonds is 7. The van der Waals surface area contributed by atoms with Gasteiger partial charge >= 0.3 is 0 Å². The minimum Gasteiger partial charge on any atom is -0.390 e. The third-order valence-corrected chi connectivity index (χ3v) is 4.89. The van der Waals surface area contributed by atoms with Gasteiger partial charge < -0.3 is 14.7 Å². The molecule has 0 aliphatic carbocycles. The lowest BCUT2D eigenvalue weighted by atomic mass is 9.99. The fourth-order valence-corrected chi connectivity index (χ4v) is 3.31. The summed E-state index contributed by atoms with van der Waals surface area (Å²) in [5.41, 5.74) is 0. The first-order valence-electron chi connectivity index (χ1n) is 8.51. The van der Waals surface area contributed by atoms with E-state index in [1.807, 2.05) is 0 Å². The van der Waals surface area contributed by atoms with E-state index >= 15 is 0 Å². The number of aliphatic hydroxyl groups excluding tert-OH is 1. The summed E-state index contributed by atoms with van der Waals surface area (Å²) in [6.45, 7) is 12.5. The van der Waals surface area contributed by atoms with E-state index < -0.39 is 0 Å². The molecule has 0 radical (unpaired) electrons. The van der Waals surface area contributed by atoms with Crippen LogP contribution in [0, 0.1) is 5.92 Å². The van der Waals surface area contributed by atoms with Crippen LogP contribution in [0.4, 0.5) is 0 Å². The fourth-order valence-electron chi connectivity index (χ4n) is 3.31. The third-order valence-electron chi connectivity index (χ3n) is 4.89. The van der Waals surface area contributed by atoms with Crippen molar-refractivity contribution in [3.05, 3.63) is 0 Å². The van der Waals surface area contributed by atoms with Gasteiger partial charge in [-0.15, -0.1) is 0 Å². The van der Waals surface area contributed by atoms with Crippen molar-refractivity contribution in [3.8, 4) is 0 Å². The maximum atomic E-state index is 10.3. The van der Waals surface area contributed by atoms with Crippen LogP contribution in [0.25, 0.3) is 0 Å². The largest absolute Gasteiger partial charge is 0.390 e. The van der Waals surface area contributed by atoms with Gasteiger partial charge in [-0.05, 0) is 31.8 Å². The van der Waals surface area contributed by atoms with Gasteiger partial charge in [-0.25, -0.2) is 0 Å². The number of ether oxygens (including phenoxy) is 1. The van der Waals surface area contributed by atoms with E-state index in [9.17, 15) is 5.11 Å². The van der Waals surface area contributed by atoms with Gasteiger partial charge in [0.15, 0.2) is 0 Å². The van der Waals surface area contributed by atoms with E-state index in [0.29, 0.717) is 0 Å². The summed E-state index contributed by atoms with van der Waals surface area (Å²) in [5.74, 6) is 0.860. The molecule has 0 spiro atoms. The molecule has 5 nitrogen and oxygen atoms in total. The van der Waals surface area contributed by atoms with Crippen LogP contribution in [0.3, 0.4) is 0 Å². The molecule has 2 heterocycles. The quantitative estimate of drug-likeness (QED) is 0.734. The number of nitrogens with zero attached hydrogens (tertiary/aromatic N) is 3. The minimum atomic E-state index is -0.205. The molecule has 0 bridgehead atoms. The summed E-state index contributed by atoms with van der Waals surface area (Å²) in [4.78, 5) is 7.28. The normalized spacial score (nSPS) is 25.3. The average Bonchev–Trinajstić information content (AvgIpc) is 2.49. The van der Waals surface area contributed by atoms with Crippen LogP contribution in [0.2, 0.25) is 0 Å². The molecule has 2 saturated heterocycles. The zero-order valence-corrected chi connectivity index (χ0v) is 13.8. The van der Waals surface area contributed by atoms with Crippen LogP contribution in [-0.4, -0.2) is 98.5 Å². The summed E-state index contributed by atoms with van der Waals surface area (Å²) in [6, 6.07) is 0. The van der Waals surface area contributed by atoms with Crippen molar-refractivity contribution >= 4 is 0 Å². The Kier molecular flexibility index (Phi) is 7.40. The van der Waals surface area contributed by atoms with Crippen LogP contribution in [0.15, 0.2) is 0 Å². The Labute approximate surface area is 129 Å². The van der Waals surface area contributed by atoms with E-state index in [-0.39, 0.29) is 6.10 Å². The van der Waals surface area contributed by atoms with Gasteiger partial charge in [-0.1, -0.05) is 6.92 Å². The van der Waals surface area contributed by atoms with E-state index in [1.54, 1.807) is 7.11 Å². The number of piperazine rings is 1. The Balaban J connectivity index is 1.59. The van der Waals surface area contributed by atoms with Crippen molar-refractivity contribution < 1.29 is 9.84 Å². The van der Waals surface area contributed by atoms with E-state index in [0.717, 1.165) is 71.4 Å². The summed E-state index contributed by atoms with van der Waals surface area (Å²) in [5, 5.41) is 10.3. The van der Waals surface area contributed by atoms with Crippen molar-refractivity contribution in [2.45, 2.75) is 25.9 Å². The molecule has 5 heteroatoms. The molecular weight excluding hydrogens is 266 g/mol. The van der Waals surface area contributed by atoms with Crippen LogP contribution in [-0.2, 0) is 4.74 Å². The van der Waals surface area contributed by atoms with Crippen LogP contribution in [0.1, 0.15) is 19.8 Å². The fraction of sp³-hybridized carbons (Fsp3) is 1.00. The molecule has 2 aliphatic heterocycles. The summed E-state index contributed by atoms with van der Waals surface area (Å²) in [7, 11) is 1.76. The number of hydrogen-bond acceptors (Lipinski definition) is 5. The van der Waals surface area contributed by atoms with E-state index in [4.69, 9.17) is 4.74 Å². The molecule has 0 unspecified atom stereocenters. The highest BCUT2D eigenvalue weighted by Gasteiger charge is 2.22. The highest BCUT2D eigenvalue weighted by Crippen LogP contribution is 2.16. The zero-order chi connectivity index (χ0) is 15.1. The Morgan fingerprint density at radius 3 is 2.05 bits per heavy atom. The molecule has 21 heavy (non-hydrogen) atoms. The number of aliphatic hydroxyl groups is 1. The highest BCUT2D eigenvalue weighted by atomic mass is 16.5. The molecule has 0 aromatic heterocycles. The van der Waals surface area contributed by atoms with Crippen molar-refractivity contribution in [2.75, 3.05) is 72.6 Å². The number of piperidine rings is 1. The SMILES string of the molecule is COCCN1CCN(C[C@H](O)CN2CCC(C)CC2)CC1. The van der Waals surface area contributed by atoms with Crippen LogP contribution >= 0.6 is 0 Å². The molecule has 2 aliphatic rings. The molecule has 1 atom stereocenters. The summed E-state index contributed by atoms with van der Waals surface area (Å²) in [6.07, 6.45) is 2.36. The topological polar surface area (TPSA) is 39.2 Å². The standard InChI is InChI=1S/C16H33N3O2/c1-15-3-5-18(6-4-15)13-16(20)14-19-9-7-17(8-10-19)11-12-21-2/h15-16,20H,3-14H2,1-2H3/t16-/m1/s1. The first-order chi connectivity index (χ1) is 10.2. The summed E-state index contributed by atoms with van der Waals surface area (Å²) >= 11 is 0. The number of β-amino-alcohol motifs (C(OH)–C–C–N with tert-alkyl or cyclic N) is 1. The highest BCUT2D eigenvalue weighted by molar-refractivity contribution is 4.77. The van der Waals surface area contributed by atoms with Crippen molar-refractivity contribution in [2.24, 2.45) is 5.92 Å². The van der Waals surface area contributed by atoms with Gasteiger partial charge in [-0.3, -0.25) is 9.80 Å². The summed E-state index contributed by atoms with van der Waals surface area (Å²) < 4.78 is 5.13. The molecule has 2 rings (SSSR count). The minimum absolute atomic E-state index is 0.205. The number of likely N-dealkylation sites (tertiary alicyclic amines) is 1. The Morgan fingerprint density at radius 2 is 1.48 bits per heavy atom. The lowest BCUT2D eigenvalue weighted by Crippen LogP contribution is -2.50. The predicted octanol–water partition coefficient (Wildman–Crippen LogP) is 0.343. The molecule has 2 fully saturated rings. The van der Waals surface area contributed by atoms with E-state index in [1.165, 1.54) is 12.8 Å². The molecule has 124 valence electrons. The molecule has 1 N–H and O–H groups in total. The maximum absolute atomic E-state index is 10.3. The monoisotopic (exact) mass is 299 g/mol. The number of hydrogen-bond donors (Lipinski definition) is 1. The van der Waals surface area contributed by atoms with Gasteiger partial charge in [0.1, 0.15) is 0 Å². The zero-order valence-electron chi connectivity index (χ0n) is 13.8. The smallest absolute Gasteiger partial charge is 0.0793 e. The molecule has 0 amide bonds. The van der Waals surface area contributed by atoms with Crippen LogP contribution in [0.5, 0.6) is 0 Å².